The number of nitrogens with zero attached hydrogens (tertiary/aromatic N) is 1. The molecular weight excluding hydrogens is 244 g/mol. The standard InChI is InChI=1S/C14H22N2O3/c1-3-16(2)14(18)10-15-9-12(17)11-19-13-7-5-4-6-8-13/h4-8,12,15,17H,3,9-11H2,1-2H3. The third-order valence-corrected chi connectivity index (χ3v) is 2.74. The maximum atomic E-state index is 11.5. The van der Waals surface area contributed by atoms with E-state index in [0.717, 1.165) is 5.75 Å². The molecule has 5 heteroatoms. The zero-order chi connectivity index (χ0) is 14.1. The molecule has 106 valence electrons. The molecule has 0 aliphatic rings. The summed E-state index contributed by atoms with van der Waals surface area (Å²) in [5, 5.41) is 12.6. The van der Waals surface area contributed by atoms with Crippen LogP contribution in [0.4, 0.5) is 0 Å². The number of likely N-dealkylation sites (N-methyl/N-ethyl adjacent to an activating group) is 1. The maximum absolute atomic E-state index is 11.5. The number of benzene rings is 1. The van der Waals surface area contributed by atoms with Crippen LogP contribution in [0, 0.1) is 0 Å². The van der Waals surface area contributed by atoms with E-state index in [4.69, 9.17) is 4.74 Å². The van der Waals surface area contributed by atoms with Gasteiger partial charge < -0.3 is 20.1 Å². The summed E-state index contributed by atoms with van der Waals surface area (Å²) in [6, 6.07) is 9.32. The fourth-order valence-corrected chi connectivity index (χ4v) is 1.43. The second kappa shape index (κ2) is 8.50. The van der Waals surface area contributed by atoms with Crippen molar-refractivity contribution in [2.24, 2.45) is 0 Å². The number of rotatable bonds is 8. The third-order valence-electron chi connectivity index (χ3n) is 2.74. The number of carbonyl (C=O) groups is 1. The summed E-state index contributed by atoms with van der Waals surface area (Å²) in [6.45, 7) is 3.36. The lowest BCUT2D eigenvalue weighted by Crippen LogP contribution is -2.39. The monoisotopic (exact) mass is 266 g/mol. The lowest BCUT2D eigenvalue weighted by atomic mass is 10.3. The Labute approximate surface area is 114 Å². The molecule has 1 aromatic carbocycles. The molecule has 1 atom stereocenters. The average molecular weight is 266 g/mol. The molecule has 0 aliphatic carbocycles. The van der Waals surface area contributed by atoms with Crippen molar-refractivity contribution < 1.29 is 14.6 Å². The first-order chi connectivity index (χ1) is 9.13. The molecule has 1 unspecified atom stereocenters. The Kier molecular flexibility index (Phi) is 6.92. The van der Waals surface area contributed by atoms with Gasteiger partial charge in [-0.15, -0.1) is 0 Å². The molecule has 1 rings (SSSR count). The summed E-state index contributed by atoms with van der Waals surface area (Å²) >= 11 is 0. The molecule has 19 heavy (non-hydrogen) atoms. The number of aliphatic hydroxyl groups is 1. The number of hydrogen-bond donors (Lipinski definition) is 2. The molecule has 0 saturated heterocycles. The maximum Gasteiger partial charge on any atom is 0.236 e. The molecule has 2 N–H and O–H groups in total. The van der Waals surface area contributed by atoms with Crippen LogP contribution in [0.5, 0.6) is 5.75 Å². The van der Waals surface area contributed by atoms with Gasteiger partial charge in [0.1, 0.15) is 18.5 Å². The number of hydrogen-bond acceptors (Lipinski definition) is 4. The Morgan fingerprint density at radius 3 is 2.74 bits per heavy atom. The zero-order valence-corrected chi connectivity index (χ0v) is 11.5. The quantitative estimate of drug-likeness (QED) is 0.719. The number of nitrogens with one attached hydrogen (secondary N) is 1. The highest BCUT2D eigenvalue weighted by Gasteiger charge is 2.08. The molecule has 0 spiro atoms. The normalized spacial score (nSPS) is 11.9. The minimum atomic E-state index is -0.639. The van der Waals surface area contributed by atoms with E-state index in [1.165, 1.54) is 0 Å². The highest BCUT2D eigenvalue weighted by Crippen LogP contribution is 2.08. The topological polar surface area (TPSA) is 61.8 Å². The van der Waals surface area contributed by atoms with Gasteiger partial charge in [0, 0.05) is 20.1 Å². The molecule has 0 bridgehead atoms. The lowest BCUT2D eigenvalue weighted by molar-refractivity contribution is -0.128. The van der Waals surface area contributed by atoms with Crippen LogP contribution in [0.25, 0.3) is 0 Å². The Morgan fingerprint density at radius 1 is 1.42 bits per heavy atom. The summed E-state index contributed by atoms with van der Waals surface area (Å²) in [4.78, 5) is 13.1. The fraction of sp³-hybridized carbons (Fsp3) is 0.500. The predicted octanol–water partition coefficient (Wildman–Crippen LogP) is 0.494. The van der Waals surface area contributed by atoms with E-state index < -0.39 is 6.10 Å². The van der Waals surface area contributed by atoms with Crippen molar-refractivity contribution in [1.82, 2.24) is 10.2 Å². The Hall–Kier alpha value is -1.59. The SMILES string of the molecule is CCN(C)C(=O)CNCC(O)COc1ccccc1. The van der Waals surface area contributed by atoms with Crippen molar-refractivity contribution >= 4 is 5.91 Å². The highest BCUT2D eigenvalue weighted by molar-refractivity contribution is 5.77. The van der Waals surface area contributed by atoms with E-state index in [9.17, 15) is 9.90 Å². The summed E-state index contributed by atoms with van der Waals surface area (Å²) in [5.41, 5.74) is 0. The highest BCUT2D eigenvalue weighted by atomic mass is 16.5. The summed E-state index contributed by atoms with van der Waals surface area (Å²) < 4.78 is 5.41. The van der Waals surface area contributed by atoms with E-state index in [1.54, 1.807) is 11.9 Å². The van der Waals surface area contributed by atoms with Crippen molar-refractivity contribution in [3.63, 3.8) is 0 Å². The van der Waals surface area contributed by atoms with Crippen molar-refractivity contribution in [2.45, 2.75) is 13.0 Å². The van der Waals surface area contributed by atoms with Crippen molar-refractivity contribution in [2.75, 3.05) is 33.3 Å². The Morgan fingerprint density at radius 2 is 2.11 bits per heavy atom. The lowest BCUT2D eigenvalue weighted by Gasteiger charge is -2.16. The molecule has 0 radical (unpaired) electrons. The Balaban J connectivity index is 2.15. The Bertz CT molecular complexity index is 370. The van der Waals surface area contributed by atoms with Crippen LogP contribution in [-0.2, 0) is 4.79 Å². The van der Waals surface area contributed by atoms with Crippen LogP contribution in [0.3, 0.4) is 0 Å². The molecule has 0 fully saturated rings. The van der Waals surface area contributed by atoms with Gasteiger partial charge in [0.2, 0.25) is 5.91 Å². The predicted molar refractivity (Wildman–Crippen MR) is 74.1 cm³/mol. The average Bonchev–Trinajstić information content (AvgIpc) is 2.45. The summed E-state index contributed by atoms with van der Waals surface area (Å²) in [6.07, 6.45) is -0.639. The zero-order valence-electron chi connectivity index (χ0n) is 11.5. The van der Waals surface area contributed by atoms with E-state index in [2.05, 4.69) is 5.32 Å². The first-order valence-electron chi connectivity index (χ1n) is 6.44. The van der Waals surface area contributed by atoms with Gasteiger partial charge in [-0.3, -0.25) is 4.79 Å². The largest absolute Gasteiger partial charge is 0.491 e. The molecule has 0 aliphatic heterocycles. The van der Waals surface area contributed by atoms with Crippen molar-refractivity contribution in [3.05, 3.63) is 30.3 Å². The van der Waals surface area contributed by atoms with Gasteiger partial charge >= 0.3 is 0 Å². The minimum absolute atomic E-state index is 0.0127. The van der Waals surface area contributed by atoms with Crippen molar-refractivity contribution in [1.29, 1.82) is 0 Å². The van der Waals surface area contributed by atoms with Crippen LogP contribution in [0.1, 0.15) is 6.92 Å². The number of para-hydroxylation sites is 1. The molecule has 5 nitrogen and oxygen atoms in total. The molecule has 0 aromatic heterocycles. The van der Waals surface area contributed by atoms with Crippen LogP contribution in [0.15, 0.2) is 30.3 Å². The fourth-order valence-electron chi connectivity index (χ4n) is 1.43. The molecule has 0 saturated carbocycles. The smallest absolute Gasteiger partial charge is 0.236 e. The first kappa shape index (κ1) is 15.5. The molecular formula is C14H22N2O3. The number of ether oxygens (including phenoxy) is 1. The minimum Gasteiger partial charge on any atom is -0.491 e. The van der Waals surface area contributed by atoms with Crippen LogP contribution >= 0.6 is 0 Å². The first-order valence-corrected chi connectivity index (χ1v) is 6.44. The van der Waals surface area contributed by atoms with E-state index in [0.29, 0.717) is 13.1 Å². The number of amides is 1. The van der Waals surface area contributed by atoms with Gasteiger partial charge in [-0.1, -0.05) is 18.2 Å². The second-order valence-corrected chi connectivity index (χ2v) is 4.32. The van der Waals surface area contributed by atoms with Gasteiger partial charge in [0.05, 0.1) is 6.54 Å². The summed E-state index contributed by atoms with van der Waals surface area (Å²) in [5.74, 6) is 0.738. The van der Waals surface area contributed by atoms with Gasteiger partial charge in [0.15, 0.2) is 0 Å². The van der Waals surface area contributed by atoms with Crippen LogP contribution in [0.2, 0.25) is 0 Å². The van der Waals surface area contributed by atoms with Crippen LogP contribution in [-0.4, -0.2) is 55.3 Å². The molecule has 0 heterocycles. The summed E-state index contributed by atoms with van der Waals surface area (Å²) in [7, 11) is 1.75. The van der Waals surface area contributed by atoms with E-state index in [1.807, 2.05) is 37.3 Å². The van der Waals surface area contributed by atoms with Crippen molar-refractivity contribution in [3.8, 4) is 5.75 Å². The van der Waals surface area contributed by atoms with E-state index >= 15 is 0 Å². The molecule has 1 aromatic rings. The number of aliphatic hydroxyl groups excluding tert-OH is 1. The second-order valence-electron chi connectivity index (χ2n) is 4.32. The van der Waals surface area contributed by atoms with Gasteiger partial charge in [-0.2, -0.15) is 0 Å². The van der Waals surface area contributed by atoms with Gasteiger partial charge in [0.25, 0.3) is 0 Å². The van der Waals surface area contributed by atoms with Crippen LogP contribution < -0.4 is 10.1 Å². The van der Waals surface area contributed by atoms with Gasteiger partial charge in [-0.25, -0.2) is 0 Å². The molecule has 1 amide bonds. The van der Waals surface area contributed by atoms with Gasteiger partial charge in [-0.05, 0) is 19.1 Å². The third kappa shape index (κ3) is 6.22. The van der Waals surface area contributed by atoms with E-state index in [-0.39, 0.29) is 19.1 Å². The number of carbonyl (C=O) groups excluding carboxylic acids is 1.